The van der Waals surface area contributed by atoms with Crippen LogP contribution >= 0.6 is 0 Å². The molecule has 3 aromatic heterocycles. The molecule has 0 aliphatic rings. The summed E-state index contributed by atoms with van der Waals surface area (Å²) in [7, 11) is 6.80. The van der Waals surface area contributed by atoms with Gasteiger partial charge in [-0.15, -0.1) is 0 Å². The van der Waals surface area contributed by atoms with E-state index < -0.39 is 0 Å². The Kier molecular flexibility index (Phi) is 6.36. The Balaban J connectivity index is 1.62. The van der Waals surface area contributed by atoms with Gasteiger partial charge in [0, 0.05) is 60.6 Å². The van der Waals surface area contributed by atoms with Crippen LogP contribution in [0, 0.1) is 0 Å². The number of fused-ring (bicyclic) bond motifs is 1. The second-order valence-corrected chi connectivity index (χ2v) is 8.17. The zero-order valence-corrected chi connectivity index (χ0v) is 20.5. The summed E-state index contributed by atoms with van der Waals surface area (Å²) in [5, 5.41) is 4.25. The van der Waals surface area contributed by atoms with Crippen LogP contribution in [0.1, 0.15) is 5.69 Å². The van der Waals surface area contributed by atoms with E-state index in [-0.39, 0.29) is 0 Å². The van der Waals surface area contributed by atoms with Gasteiger partial charge in [0.05, 0.1) is 62.7 Å². The van der Waals surface area contributed by atoms with E-state index in [4.69, 9.17) is 19.2 Å². The van der Waals surface area contributed by atoms with E-state index in [1.54, 1.807) is 44.6 Å². The molecule has 9 heteroatoms. The van der Waals surface area contributed by atoms with Crippen molar-refractivity contribution in [2.24, 2.45) is 7.05 Å². The van der Waals surface area contributed by atoms with Gasteiger partial charge in [0.25, 0.3) is 0 Å². The standard InChI is InChI=1S/C27H26N6O3/c1-32-16-18(14-30-32)27-15-29-25-6-5-20(12-26(25)31-27)33(17-19-9-22(34-2)7-8-28-19)21-10-23(35-3)13-24(11-21)36-4/h5-16H,17H2,1-4H3. The minimum atomic E-state index is 0.481. The van der Waals surface area contributed by atoms with Gasteiger partial charge in [-0.1, -0.05) is 0 Å². The lowest BCUT2D eigenvalue weighted by Crippen LogP contribution is -2.17. The van der Waals surface area contributed by atoms with Crippen molar-refractivity contribution < 1.29 is 14.2 Å². The first kappa shape index (κ1) is 23.1. The minimum Gasteiger partial charge on any atom is -0.497 e. The highest BCUT2D eigenvalue weighted by atomic mass is 16.5. The number of methoxy groups -OCH3 is 3. The number of aromatic nitrogens is 5. The Labute approximate surface area is 208 Å². The summed E-state index contributed by atoms with van der Waals surface area (Å²) in [6.45, 7) is 0.481. The summed E-state index contributed by atoms with van der Waals surface area (Å²) in [6.07, 6.45) is 7.21. The molecule has 36 heavy (non-hydrogen) atoms. The normalized spacial score (nSPS) is 10.9. The Morgan fingerprint density at radius 1 is 0.778 bits per heavy atom. The van der Waals surface area contributed by atoms with Crippen LogP contribution in [0.2, 0.25) is 0 Å². The highest BCUT2D eigenvalue weighted by molar-refractivity contribution is 5.82. The van der Waals surface area contributed by atoms with Crippen LogP contribution in [0.4, 0.5) is 11.4 Å². The van der Waals surface area contributed by atoms with Gasteiger partial charge in [-0.25, -0.2) is 4.98 Å². The summed E-state index contributed by atoms with van der Waals surface area (Å²) in [6, 6.07) is 15.5. The van der Waals surface area contributed by atoms with Gasteiger partial charge < -0.3 is 19.1 Å². The van der Waals surface area contributed by atoms with Crippen molar-refractivity contribution in [1.82, 2.24) is 24.7 Å². The Morgan fingerprint density at radius 3 is 2.25 bits per heavy atom. The van der Waals surface area contributed by atoms with Crippen LogP contribution in [0.15, 0.2) is 73.3 Å². The van der Waals surface area contributed by atoms with E-state index >= 15 is 0 Å². The molecule has 0 fully saturated rings. The maximum absolute atomic E-state index is 5.53. The molecule has 0 saturated heterocycles. The fourth-order valence-electron chi connectivity index (χ4n) is 3.97. The van der Waals surface area contributed by atoms with Gasteiger partial charge >= 0.3 is 0 Å². The summed E-state index contributed by atoms with van der Waals surface area (Å²) in [4.78, 5) is 16.2. The smallest absolute Gasteiger partial charge is 0.124 e. The third-order valence-electron chi connectivity index (χ3n) is 5.83. The van der Waals surface area contributed by atoms with Crippen LogP contribution in [0.3, 0.4) is 0 Å². The molecule has 0 atom stereocenters. The summed E-state index contributed by atoms with van der Waals surface area (Å²) in [5.41, 5.74) is 5.88. The third kappa shape index (κ3) is 4.76. The summed E-state index contributed by atoms with van der Waals surface area (Å²) >= 11 is 0. The van der Waals surface area contributed by atoms with Gasteiger partial charge in [-0.3, -0.25) is 14.6 Å². The van der Waals surface area contributed by atoms with E-state index in [1.807, 2.05) is 61.8 Å². The van der Waals surface area contributed by atoms with Crippen LogP contribution < -0.4 is 19.1 Å². The lowest BCUT2D eigenvalue weighted by molar-refractivity contribution is 0.394. The number of anilines is 2. The molecule has 0 aliphatic carbocycles. The van der Waals surface area contributed by atoms with E-state index in [2.05, 4.69) is 20.0 Å². The van der Waals surface area contributed by atoms with E-state index in [1.165, 1.54) is 0 Å². The minimum absolute atomic E-state index is 0.481. The number of rotatable bonds is 8. The molecular formula is C27H26N6O3. The quantitative estimate of drug-likeness (QED) is 0.312. The monoisotopic (exact) mass is 482 g/mol. The average molecular weight is 483 g/mol. The van der Waals surface area contributed by atoms with Crippen LogP contribution in [0.5, 0.6) is 17.2 Å². The van der Waals surface area contributed by atoms with E-state index in [9.17, 15) is 0 Å². The maximum Gasteiger partial charge on any atom is 0.124 e. The number of nitrogens with zero attached hydrogens (tertiary/aromatic N) is 6. The fraction of sp³-hybridized carbons (Fsp3) is 0.185. The first-order valence-corrected chi connectivity index (χ1v) is 11.3. The Hall–Kier alpha value is -4.66. The van der Waals surface area contributed by atoms with Crippen LogP contribution in [-0.2, 0) is 13.6 Å². The molecule has 5 rings (SSSR count). The van der Waals surface area contributed by atoms with Crippen molar-refractivity contribution in [3.8, 4) is 28.5 Å². The zero-order chi connectivity index (χ0) is 25.1. The average Bonchev–Trinajstić information content (AvgIpc) is 3.37. The predicted octanol–water partition coefficient (Wildman–Crippen LogP) is 4.79. The first-order valence-electron chi connectivity index (χ1n) is 11.3. The molecule has 3 heterocycles. The molecule has 0 radical (unpaired) electrons. The largest absolute Gasteiger partial charge is 0.497 e. The lowest BCUT2D eigenvalue weighted by Gasteiger charge is -2.26. The molecule has 9 nitrogen and oxygen atoms in total. The van der Waals surface area contributed by atoms with Crippen molar-refractivity contribution in [3.05, 3.63) is 79.0 Å². The zero-order valence-electron chi connectivity index (χ0n) is 20.5. The second kappa shape index (κ2) is 9.91. The maximum atomic E-state index is 5.53. The highest BCUT2D eigenvalue weighted by Gasteiger charge is 2.16. The summed E-state index contributed by atoms with van der Waals surface area (Å²) in [5.74, 6) is 2.12. The molecular weight excluding hydrogens is 456 g/mol. The molecule has 182 valence electrons. The number of aryl methyl sites for hydroxylation is 1. The van der Waals surface area contributed by atoms with Gasteiger partial charge in [0.2, 0.25) is 0 Å². The molecule has 0 unspecified atom stereocenters. The second-order valence-electron chi connectivity index (χ2n) is 8.17. The molecule has 2 aromatic carbocycles. The SMILES string of the molecule is COc1cc(OC)cc(N(Cc2cc(OC)ccn2)c2ccc3ncc(-c4cnn(C)c4)nc3c2)c1. The Morgan fingerprint density at radius 2 is 1.56 bits per heavy atom. The topological polar surface area (TPSA) is 87.4 Å². The molecule has 0 aliphatic heterocycles. The van der Waals surface area contributed by atoms with Crippen molar-refractivity contribution in [2.45, 2.75) is 6.54 Å². The van der Waals surface area contributed by atoms with Gasteiger partial charge in [-0.2, -0.15) is 5.10 Å². The first-order chi connectivity index (χ1) is 17.6. The molecule has 0 amide bonds. The van der Waals surface area contributed by atoms with Crippen LogP contribution in [-0.4, -0.2) is 46.1 Å². The molecule has 0 spiro atoms. The number of pyridine rings is 1. The number of hydrogen-bond acceptors (Lipinski definition) is 8. The van der Waals surface area contributed by atoms with Crippen molar-refractivity contribution in [3.63, 3.8) is 0 Å². The highest BCUT2D eigenvalue weighted by Crippen LogP contribution is 2.35. The molecule has 5 aromatic rings. The predicted molar refractivity (Wildman–Crippen MR) is 138 cm³/mol. The van der Waals surface area contributed by atoms with E-state index in [0.717, 1.165) is 45.1 Å². The number of benzene rings is 2. The molecule has 0 N–H and O–H groups in total. The van der Waals surface area contributed by atoms with E-state index in [0.29, 0.717) is 18.0 Å². The number of hydrogen-bond donors (Lipinski definition) is 0. The van der Waals surface area contributed by atoms with Crippen molar-refractivity contribution in [2.75, 3.05) is 26.2 Å². The van der Waals surface area contributed by atoms with Gasteiger partial charge in [0.1, 0.15) is 17.2 Å². The molecule has 0 saturated carbocycles. The van der Waals surface area contributed by atoms with Gasteiger partial charge in [-0.05, 0) is 24.3 Å². The third-order valence-corrected chi connectivity index (χ3v) is 5.83. The van der Waals surface area contributed by atoms with Crippen molar-refractivity contribution in [1.29, 1.82) is 0 Å². The Bertz CT molecular complexity index is 1490. The van der Waals surface area contributed by atoms with Crippen LogP contribution in [0.25, 0.3) is 22.3 Å². The van der Waals surface area contributed by atoms with Crippen molar-refractivity contribution >= 4 is 22.4 Å². The molecule has 0 bridgehead atoms. The fourth-order valence-corrected chi connectivity index (χ4v) is 3.97. The number of ether oxygens (including phenoxy) is 3. The summed E-state index contributed by atoms with van der Waals surface area (Å²) < 4.78 is 18.2. The van der Waals surface area contributed by atoms with Gasteiger partial charge in [0.15, 0.2) is 0 Å². The lowest BCUT2D eigenvalue weighted by atomic mass is 10.1.